The second kappa shape index (κ2) is 9.44. The third kappa shape index (κ3) is 5.70. The van der Waals surface area contributed by atoms with Crippen molar-refractivity contribution >= 4 is 0 Å². The lowest BCUT2D eigenvalue weighted by Crippen LogP contribution is -2.45. The molecule has 0 heterocycles. The Balaban J connectivity index is 1.50. The summed E-state index contributed by atoms with van der Waals surface area (Å²) in [4.78, 5) is 0. The average Bonchev–Trinajstić information content (AvgIpc) is 2.65. The number of halogens is 5. The van der Waals surface area contributed by atoms with Gasteiger partial charge in [-0.25, -0.2) is 8.78 Å². The van der Waals surface area contributed by atoms with Crippen LogP contribution in [0.25, 0.3) is 0 Å². The van der Waals surface area contributed by atoms with Gasteiger partial charge in [0.25, 0.3) is 0 Å². The molecule has 0 aromatic carbocycles. The SMILES string of the molecule is CCCC1CCC(C2CC=C(C3CC(F)C(OC(F)(F)F)C(F)C3)CC2)CC1. The predicted molar refractivity (Wildman–Crippen MR) is 99.2 cm³/mol. The molecule has 2 fully saturated rings. The second-order valence-corrected chi connectivity index (χ2v) is 9.11. The lowest BCUT2D eigenvalue weighted by Gasteiger charge is -2.39. The van der Waals surface area contributed by atoms with E-state index in [1.54, 1.807) is 0 Å². The van der Waals surface area contributed by atoms with Gasteiger partial charge in [0, 0.05) is 0 Å². The minimum atomic E-state index is -5.00. The topological polar surface area (TPSA) is 9.23 Å². The Bertz CT molecular complexity index is 512. The largest absolute Gasteiger partial charge is 0.522 e. The first kappa shape index (κ1) is 22.0. The summed E-state index contributed by atoms with van der Waals surface area (Å²) in [7, 11) is 0. The average molecular weight is 408 g/mol. The summed E-state index contributed by atoms with van der Waals surface area (Å²) in [5.74, 6) is 2.00. The third-order valence-electron chi connectivity index (χ3n) is 7.27. The first-order chi connectivity index (χ1) is 13.3. The molecule has 3 atom stereocenters. The van der Waals surface area contributed by atoms with Gasteiger partial charge in [-0.05, 0) is 68.6 Å². The molecule has 0 saturated heterocycles. The van der Waals surface area contributed by atoms with Crippen molar-refractivity contribution in [3.63, 3.8) is 0 Å². The normalized spacial score (nSPS) is 40.2. The summed E-state index contributed by atoms with van der Waals surface area (Å²) in [5.41, 5.74) is 1.05. The van der Waals surface area contributed by atoms with Gasteiger partial charge in [-0.2, -0.15) is 0 Å². The van der Waals surface area contributed by atoms with Gasteiger partial charge in [-0.15, -0.1) is 13.2 Å². The molecular weight excluding hydrogens is 375 g/mol. The van der Waals surface area contributed by atoms with Gasteiger partial charge in [0.1, 0.15) is 18.4 Å². The fourth-order valence-corrected chi connectivity index (χ4v) is 5.77. The molecule has 3 aliphatic carbocycles. The van der Waals surface area contributed by atoms with Crippen LogP contribution in [0.5, 0.6) is 0 Å². The summed E-state index contributed by atoms with van der Waals surface area (Å²) in [5, 5.41) is 0. The van der Waals surface area contributed by atoms with E-state index in [0.717, 1.165) is 36.7 Å². The number of ether oxygens (including phenoxy) is 1. The lowest BCUT2D eigenvalue weighted by molar-refractivity contribution is -0.358. The zero-order valence-corrected chi connectivity index (χ0v) is 16.7. The lowest BCUT2D eigenvalue weighted by atomic mass is 9.69. The van der Waals surface area contributed by atoms with E-state index in [9.17, 15) is 22.0 Å². The van der Waals surface area contributed by atoms with Gasteiger partial charge in [0.15, 0.2) is 0 Å². The Kier molecular flexibility index (Phi) is 7.43. The summed E-state index contributed by atoms with van der Waals surface area (Å²) in [6.07, 6.45) is 1.78. The molecule has 0 spiro atoms. The molecule has 28 heavy (non-hydrogen) atoms. The molecule has 162 valence electrons. The fraction of sp³-hybridized carbons (Fsp3) is 0.909. The van der Waals surface area contributed by atoms with Crippen molar-refractivity contribution < 1.29 is 26.7 Å². The van der Waals surface area contributed by atoms with Crippen molar-refractivity contribution in [1.29, 1.82) is 0 Å². The second-order valence-electron chi connectivity index (χ2n) is 9.11. The van der Waals surface area contributed by atoms with Crippen LogP contribution in [0, 0.1) is 23.7 Å². The van der Waals surface area contributed by atoms with Crippen molar-refractivity contribution in [1.82, 2.24) is 0 Å². The van der Waals surface area contributed by atoms with Crippen LogP contribution in [0.15, 0.2) is 11.6 Å². The summed E-state index contributed by atoms with van der Waals surface area (Å²) in [6.45, 7) is 2.24. The van der Waals surface area contributed by atoms with Crippen LogP contribution < -0.4 is 0 Å². The Morgan fingerprint density at radius 2 is 1.61 bits per heavy atom. The molecule has 0 aromatic rings. The molecule has 0 aliphatic heterocycles. The summed E-state index contributed by atoms with van der Waals surface area (Å²) >= 11 is 0. The molecular formula is C22H33F5O. The number of allylic oxidation sites excluding steroid dienone is 2. The highest BCUT2D eigenvalue weighted by Crippen LogP contribution is 2.44. The molecule has 0 amide bonds. The fourth-order valence-electron chi connectivity index (χ4n) is 5.77. The van der Waals surface area contributed by atoms with E-state index in [1.165, 1.54) is 38.5 Å². The highest BCUT2D eigenvalue weighted by Gasteiger charge is 2.46. The Morgan fingerprint density at radius 1 is 0.964 bits per heavy atom. The van der Waals surface area contributed by atoms with Crippen LogP contribution in [0.2, 0.25) is 0 Å². The minimum Gasteiger partial charge on any atom is -0.282 e. The van der Waals surface area contributed by atoms with Gasteiger partial charge in [0.05, 0.1) is 0 Å². The van der Waals surface area contributed by atoms with Crippen LogP contribution in [0.1, 0.15) is 77.6 Å². The first-order valence-corrected chi connectivity index (χ1v) is 11.0. The molecule has 0 radical (unpaired) electrons. The monoisotopic (exact) mass is 408 g/mol. The maximum Gasteiger partial charge on any atom is 0.522 e. The van der Waals surface area contributed by atoms with Crippen LogP contribution in [0.4, 0.5) is 22.0 Å². The van der Waals surface area contributed by atoms with Crippen molar-refractivity contribution in [3.8, 4) is 0 Å². The molecule has 0 bridgehead atoms. The van der Waals surface area contributed by atoms with Crippen LogP contribution in [-0.4, -0.2) is 24.8 Å². The van der Waals surface area contributed by atoms with Crippen molar-refractivity contribution in [2.75, 3.05) is 0 Å². The van der Waals surface area contributed by atoms with Gasteiger partial charge in [-0.3, -0.25) is 4.74 Å². The summed E-state index contributed by atoms with van der Waals surface area (Å²) in [6, 6.07) is 0. The highest BCUT2D eigenvalue weighted by atomic mass is 19.4. The third-order valence-corrected chi connectivity index (χ3v) is 7.27. The molecule has 0 aromatic heterocycles. The minimum absolute atomic E-state index is 0.0696. The Labute approximate surface area is 165 Å². The number of rotatable bonds is 5. The van der Waals surface area contributed by atoms with Crippen molar-refractivity contribution in [2.24, 2.45) is 23.7 Å². The maximum absolute atomic E-state index is 14.2. The first-order valence-electron chi connectivity index (χ1n) is 11.0. The van der Waals surface area contributed by atoms with E-state index in [0.29, 0.717) is 5.92 Å². The number of hydrogen-bond acceptors (Lipinski definition) is 1. The summed E-state index contributed by atoms with van der Waals surface area (Å²) < 4.78 is 69.2. The van der Waals surface area contributed by atoms with Gasteiger partial charge in [0.2, 0.25) is 0 Å². The molecule has 1 nitrogen and oxygen atoms in total. The molecule has 6 heteroatoms. The Morgan fingerprint density at radius 3 is 2.11 bits per heavy atom. The Hall–Kier alpha value is -0.650. The quantitative estimate of drug-likeness (QED) is 0.342. The number of alkyl halides is 5. The van der Waals surface area contributed by atoms with Gasteiger partial charge < -0.3 is 0 Å². The zero-order valence-electron chi connectivity index (χ0n) is 16.7. The van der Waals surface area contributed by atoms with E-state index in [4.69, 9.17) is 0 Å². The molecule has 3 rings (SSSR count). The molecule has 0 N–H and O–H groups in total. The van der Waals surface area contributed by atoms with Crippen LogP contribution >= 0.6 is 0 Å². The van der Waals surface area contributed by atoms with E-state index in [1.807, 2.05) is 0 Å². The van der Waals surface area contributed by atoms with Crippen LogP contribution in [-0.2, 0) is 4.74 Å². The highest BCUT2D eigenvalue weighted by molar-refractivity contribution is 5.14. The smallest absolute Gasteiger partial charge is 0.282 e. The van der Waals surface area contributed by atoms with Gasteiger partial charge in [-0.1, -0.05) is 44.3 Å². The van der Waals surface area contributed by atoms with E-state index < -0.39 is 24.8 Å². The van der Waals surface area contributed by atoms with Crippen molar-refractivity contribution in [2.45, 2.75) is 102 Å². The van der Waals surface area contributed by atoms with Gasteiger partial charge >= 0.3 is 6.36 Å². The van der Waals surface area contributed by atoms with E-state index in [2.05, 4.69) is 17.7 Å². The maximum atomic E-state index is 14.2. The zero-order chi connectivity index (χ0) is 20.3. The van der Waals surface area contributed by atoms with Crippen molar-refractivity contribution in [3.05, 3.63) is 11.6 Å². The molecule has 3 unspecified atom stereocenters. The predicted octanol–water partition coefficient (Wildman–Crippen LogP) is 7.31. The van der Waals surface area contributed by atoms with Crippen LogP contribution in [0.3, 0.4) is 0 Å². The number of hydrogen-bond donors (Lipinski definition) is 0. The standard InChI is InChI=1S/C22H33F5O/c1-2-3-14-4-6-15(7-5-14)16-8-10-17(11-9-16)18-12-19(23)21(20(24)13-18)28-22(25,26)27/h10,14-16,18-21H,2-9,11-13H2,1H3. The van der Waals surface area contributed by atoms with E-state index in [-0.39, 0.29) is 18.8 Å². The van der Waals surface area contributed by atoms with E-state index >= 15 is 0 Å². The molecule has 3 aliphatic rings. The molecule has 2 saturated carbocycles.